The Balaban J connectivity index is 1.18. The predicted molar refractivity (Wildman–Crippen MR) is 115 cm³/mol. The van der Waals surface area contributed by atoms with Gasteiger partial charge in [-0.2, -0.15) is 5.10 Å². The molecule has 5 rings (SSSR count). The first-order valence-corrected chi connectivity index (χ1v) is 11.7. The minimum atomic E-state index is 0.0151. The molecule has 1 aliphatic carbocycles. The number of fused-ring (bicyclic) bond motifs is 1. The molecular weight excluding hydrogens is 396 g/mol. The number of amides is 2. The second-order valence-corrected chi connectivity index (χ2v) is 9.45. The van der Waals surface area contributed by atoms with Crippen LogP contribution in [0.2, 0.25) is 0 Å². The van der Waals surface area contributed by atoms with Crippen molar-refractivity contribution in [3.63, 3.8) is 0 Å². The highest BCUT2D eigenvalue weighted by Gasteiger charge is 2.32. The van der Waals surface area contributed by atoms with E-state index in [-0.39, 0.29) is 11.8 Å². The van der Waals surface area contributed by atoms with Crippen molar-refractivity contribution in [3.05, 3.63) is 17.0 Å². The van der Waals surface area contributed by atoms with Gasteiger partial charge in [0.2, 0.25) is 5.91 Å². The highest BCUT2D eigenvalue weighted by molar-refractivity contribution is 5.94. The molecule has 0 bridgehead atoms. The van der Waals surface area contributed by atoms with E-state index in [2.05, 4.69) is 21.5 Å². The molecule has 2 saturated heterocycles. The van der Waals surface area contributed by atoms with E-state index in [1.807, 2.05) is 9.80 Å². The normalized spacial score (nSPS) is 23.1. The van der Waals surface area contributed by atoms with Gasteiger partial charge in [0.15, 0.2) is 5.69 Å². The first-order chi connectivity index (χ1) is 15.1. The minimum Gasteiger partial charge on any atom is -0.376 e. The summed E-state index contributed by atoms with van der Waals surface area (Å²) in [4.78, 5) is 34.2. The summed E-state index contributed by atoms with van der Waals surface area (Å²) in [6.07, 6.45) is 3.37. The second kappa shape index (κ2) is 8.88. The van der Waals surface area contributed by atoms with E-state index in [4.69, 9.17) is 9.84 Å². The molecule has 0 radical (unpaired) electrons. The number of rotatable bonds is 5. The molecule has 0 aromatic carbocycles. The summed E-state index contributed by atoms with van der Waals surface area (Å²) in [5.74, 6) is 0.940. The number of likely N-dealkylation sites (N-methyl/N-ethyl adjacent to an activating group) is 1. The quantitative estimate of drug-likeness (QED) is 0.650. The van der Waals surface area contributed by atoms with Gasteiger partial charge < -0.3 is 19.4 Å². The highest BCUT2D eigenvalue weighted by atomic mass is 16.5. The van der Waals surface area contributed by atoms with Gasteiger partial charge in [0.1, 0.15) is 0 Å². The van der Waals surface area contributed by atoms with Crippen LogP contribution in [-0.2, 0) is 29.1 Å². The Labute approximate surface area is 183 Å². The topological polar surface area (TPSA) is 74.2 Å². The van der Waals surface area contributed by atoms with Crippen LogP contribution in [0.15, 0.2) is 0 Å². The fourth-order valence-corrected chi connectivity index (χ4v) is 4.78. The van der Waals surface area contributed by atoms with Gasteiger partial charge in [0.25, 0.3) is 5.91 Å². The molecule has 31 heavy (non-hydrogen) atoms. The van der Waals surface area contributed by atoms with Gasteiger partial charge in [-0.1, -0.05) is 0 Å². The summed E-state index contributed by atoms with van der Waals surface area (Å²) in [5.41, 5.74) is 2.76. The molecule has 170 valence electrons. The molecule has 2 amide bonds. The van der Waals surface area contributed by atoms with Gasteiger partial charge in [0.05, 0.1) is 19.8 Å². The monoisotopic (exact) mass is 430 g/mol. The predicted octanol–water partition coefficient (Wildman–Crippen LogP) is -0.102. The lowest BCUT2D eigenvalue weighted by Gasteiger charge is -2.37. The Morgan fingerprint density at radius 1 is 1.00 bits per heavy atom. The number of carbonyl (C=O) groups is 2. The van der Waals surface area contributed by atoms with Crippen LogP contribution in [0.1, 0.15) is 34.6 Å². The molecule has 4 aliphatic rings. The van der Waals surface area contributed by atoms with Crippen molar-refractivity contribution < 1.29 is 14.3 Å². The van der Waals surface area contributed by atoms with Gasteiger partial charge in [-0.15, -0.1) is 0 Å². The van der Waals surface area contributed by atoms with Gasteiger partial charge in [-0.05, 0) is 25.8 Å². The lowest BCUT2D eigenvalue weighted by Crippen LogP contribution is -2.54. The zero-order chi connectivity index (χ0) is 21.4. The van der Waals surface area contributed by atoms with E-state index in [0.717, 1.165) is 63.7 Å². The SMILES string of the molecule is CN1CCN(C(=O)CN2CCN(C(=O)c3nn(CC4CC4)c4c3COCC4)CC2)CC1. The van der Waals surface area contributed by atoms with E-state index >= 15 is 0 Å². The first-order valence-electron chi connectivity index (χ1n) is 11.7. The molecule has 9 heteroatoms. The van der Waals surface area contributed by atoms with Crippen molar-refractivity contribution in [1.82, 2.24) is 29.4 Å². The molecule has 1 aromatic heterocycles. The van der Waals surface area contributed by atoms with Crippen molar-refractivity contribution in [2.75, 3.05) is 72.6 Å². The Kier molecular flexibility index (Phi) is 5.99. The summed E-state index contributed by atoms with van der Waals surface area (Å²) >= 11 is 0. The Hall–Kier alpha value is -1.97. The van der Waals surface area contributed by atoms with Crippen molar-refractivity contribution in [2.45, 2.75) is 32.4 Å². The molecule has 3 fully saturated rings. The van der Waals surface area contributed by atoms with E-state index in [1.165, 1.54) is 18.5 Å². The Bertz CT molecular complexity index is 819. The highest BCUT2D eigenvalue weighted by Crippen LogP contribution is 2.32. The molecule has 0 N–H and O–H groups in total. The van der Waals surface area contributed by atoms with Crippen LogP contribution in [0, 0.1) is 5.92 Å². The number of ether oxygens (including phenoxy) is 1. The first kappa shape index (κ1) is 20.9. The number of hydrogen-bond acceptors (Lipinski definition) is 6. The molecule has 0 atom stereocenters. The number of piperazine rings is 2. The van der Waals surface area contributed by atoms with E-state index in [9.17, 15) is 9.59 Å². The van der Waals surface area contributed by atoms with Crippen LogP contribution < -0.4 is 0 Å². The van der Waals surface area contributed by atoms with Crippen molar-refractivity contribution in [1.29, 1.82) is 0 Å². The van der Waals surface area contributed by atoms with E-state index in [0.29, 0.717) is 38.5 Å². The smallest absolute Gasteiger partial charge is 0.274 e. The maximum atomic E-state index is 13.3. The zero-order valence-electron chi connectivity index (χ0n) is 18.6. The minimum absolute atomic E-state index is 0.0151. The number of carbonyl (C=O) groups excluding carboxylic acids is 2. The van der Waals surface area contributed by atoms with Gasteiger partial charge in [0, 0.05) is 76.6 Å². The Morgan fingerprint density at radius 2 is 1.71 bits per heavy atom. The largest absolute Gasteiger partial charge is 0.376 e. The summed E-state index contributed by atoms with van der Waals surface area (Å²) in [5, 5.41) is 4.75. The number of hydrogen-bond donors (Lipinski definition) is 0. The standard InChI is InChI=1S/C22H34N6O3/c1-24-5-9-26(10-6-24)20(29)15-25-7-11-27(12-8-25)22(30)21-18-16-31-13-4-19(18)28(23-21)14-17-2-3-17/h17H,2-16H2,1H3. The molecule has 0 unspecified atom stereocenters. The maximum Gasteiger partial charge on any atom is 0.274 e. The lowest BCUT2D eigenvalue weighted by atomic mass is 10.1. The fourth-order valence-electron chi connectivity index (χ4n) is 4.78. The summed E-state index contributed by atoms with van der Waals surface area (Å²) in [6.45, 7) is 8.81. The zero-order valence-corrected chi connectivity index (χ0v) is 18.6. The third-order valence-corrected chi connectivity index (χ3v) is 7.10. The molecule has 9 nitrogen and oxygen atoms in total. The number of aromatic nitrogens is 2. The summed E-state index contributed by atoms with van der Waals surface area (Å²) < 4.78 is 7.73. The van der Waals surface area contributed by atoms with Crippen LogP contribution in [0.5, 0.6) is 0 Å². The number of nitrogens with zero attached hydrogens (tertiary/aromatic N) is 6. The van der Waals surface area contributed by atoms with Gasteiger partial charge in [-0.25, -0.2) is 0 Å². The van der Waals surface area contributed by atoms with Crippen molar-refractivity contribution in [2.24, 2.45) is 5.92 Å². The average Bonchev–Trinajstić information content (AvgIpc) is 3.54. The fraction of sp³-hybridized carbons (Fsp3) is 0.773. The maximum absolute atomic E-state index is 13.3. The lowest BCUT2D eigenvalue weighted by molar-refractivity contribution is -0.134. The third kappa shape index (κ3) is 4.63. The second-order valence-electron chi connectivity index (χ2n) is 9.45. The molecule has 0 spiro atoms. The van der Waals surface area contributed by atoms with E-state index < -0.39 is 0 Å². The van der Waals surface area contributed by atoms with E-state index in [1.54, 1.807) is 0 Å². The van der Waals surface area contributed by atoms with Crippen LogP contribution >= 0.6 is 0 Å². The average molecular weight is 431 g/mol. The van der Waals surface area contributed by atoms with Crippen molar-refractivity contribution >= 4 is 11.8 Å². The Morgan fingerprint density at radius 3 is 2.42 bits per heavy atom. The van der Waals surface area contributed by atoms with Crippen LogP contribution in [0.4, 0.5) is 0 Å². The van der Waals surface area contributed by atoms with Crippen molar-refractivity contribution in [3.8, 4) is 0 Å². The molecule has 1 saturated carbocycles. The molecule has 4 heterocycles. The van der Waals surface area contributed by atoms with Crippen LogP contribution in [0.25, 0.3) is 0 Å². The molecular formula is C22H34N6O3. The third-order valence-electron chi connectivity index (χ3n) is 7.10. The van der Waals surface area contributed by atoms with Crippen LogP contribution in [-0.4, -0.2) is 114 Å². The summed E-state index contributed by atoms with van der Waals surface area (Å²) in [6, 6.07) is 0. The summed E-state index contributed by atoms with van der Waals surface area (Å²) in [7, 11) is 2.09. The van der Waals surface area contributed by atoms with Gasteiger partial charge >= 0.3 is 0 Å². The molecule has 1 aromatic rings. The molecule has 3 aliphatic heterocycles. The van der Waals surface area contributed by atoms with Gasteiger partial charge in [-0.3, -0.25) is 19.2 Å². The van der Waals surface area contributed by atoms with Crippen LogP contribution in [0.3, 0.4) is 0 Å².